The van der Waals surface area contributed by atoms with Crippen LogP contribution < -0.4 is 5.56 Å². The number of hydrogen-bond donors (Lipinski definition) is 1. The molecule has 0 fully saturated rings. The van der Waals surface area contributed by atoms with Crippen molar-refractivity contribution in [2.45, 2.75) is 13.8 Å². The molecule has 0 aliphatic heterocycles. The summed E-state index contributed by atoms with van der Waals surface area (Å²) >= 11 is 0. The van der Waals surface area contributed by atoms with Gasteiger partial charge in [0, 0.05) is 11.1 Å². The van der Waals surface area contributed by atoms with E-state index in [1.54, 1.807) is 0 Å². The number of aromatic amines is 1. The number of H-pyrrole nitrogens is 1. The fourth-order valence-electron chi connectivity index (χ4n) is 2.26. The van der Waals surface area contributed by atoms with Gasteiger partial charge in [0.05, 0.1) is 0 Å². The standard InChI is InChI=1S/C17H15NO/c1-11-3-6-13(7-4-11)16-10-14-8-5-12(2)9-15(14)17(19)18-16/h3-10H,1-2H3,(H,18,19). The third-order valence-corrected chi connectivity index (χ3v) is 3.36. The van der Waals surface area contributed by atoms with Gasteiger partial charge in [0.2, 0.25) is 0 Å². The summed E-state index contributed by atoms with van der Waals surface area (Å²) in [6, 6.07) is 16.1. The van der Waals surface area contributed by atoms with E-state index in [-0.39, 0.29) is 5.56 Å². The van der Waals surface area contributed by atoms with Crippen LogP contribution in [-0.4, -0.2) is 4.98 Å². The van der Waals surface area contributed by atoms with Crippen molar-refractivity contribution >= 4 is 10.8 Å². The molecule has 2 heteroatoms. The molecule has 0 amide bonds. The van der Waals surface area contributed by atoms with Crippen molar-refractivity contribution in [1.82, 2.24) is 4.98 Å². The summed E-state index contributed by atoms with van der Waals surface area (Å²) in [5.74, 6) is 0. The number of benzene rings is 2. The van der Waals surface area contributed by atoms with Crippen molar-refractivity contribution in [3.05, 3.63) is 70.0 Å². The first kappa shape index (κ1) is 11.7. The Bertz CT molecular complexity index is 798. The van der Waals surface area contributed by atoms with Crippen molar-refractivity contribution in [2.24, 2.45) is 0 Å². The zero-order valence-corrected chi connectivity index (χ0v) is 11.0. The Balaban J connectivity index is 2.24. The maximum Gasteiger partial charge on any atom is 0.256 e. The van der Waals surface area contributed by atoms with Crippen molar-refractivity contribution in [2.75, 3.05) is 0 Å². The van der Waals surface area contributed by atoms with E-state index in [0.29, 0.717) is 0 Å². The SMILES string of the molecule is Cc1ccc(-c2cc3ccc(C)cc3c(=O)[nH]2)cc1. The molecule has 1 N–H and O–H groups in total. The van der Waals surface area contributed by atoms with E-state index in [4.69, 9.17) is 0 Å². The lowest BCUT2D eigenvalue weighted by molar-refractivity contribution is 1.27. The average Bonchev–Trinajstić information content (AvgIpc) is 2.40. The fourth-order valence-corrected chi connectivity index (χ4v) is 2.26. The molecule has 3 aromatic rings. The maximum absolute atomic E-state index is 12.1. The number of nitrogens with one attached hydrogen (secondary N) is 1. The van der Waals surface area contributed by atoms with E-state index in [2.05, 4.69) is 11.9 Å². The Labute approximate surface area is 111 Å². The molecule has 0 unspecified atom stereocenters. The molecule has 0 saturated heterocycles. The van der Waals surface area contributed by atoms with Gasteiger partial charge in [0.1, 0.15) is 0 Å². The topological polar surface area (TPSA) is 32.9 Å². The molecule has 2 aromatic carbocycles. The van der Waals surface area contributed by atoms with Gasteiger partial charge < -0.3 is 4.98 Å². The van der Waals surface area contributed by atoms with Gasteiger partial charge in [0.25, 0.3) is 5.56 Å². The van der Waals surface area contributed by atoms with Crippen LogP contribution in [0.15, 0.2) is 53.3 Å². The van der Waals surface area contributed by atoms with E-state index in [9.17, 15) is 4.79 Å². The predicted octanol–water partition coefficient (Wildman–Crippen LogP) is 3.81. The number of aryl methyl sites for hydroxylation is 2. The molecule has 0 aliphatic carbocycles. The van der Waals surface area contributed by atoms with Crippen molar-refractivity contribution in [3.63, 3.8) is 0 Å². The summed E-state index contributed by atoms with van der Waals surface area (Å²) in [4.78, 5) is 15.1. The monoisotopic (exact) mass is 249 g/mol. The van der Waals surface area contributed by atoms with Crippen molar-refractivity contribution < 1.29 is 0 Å². The molecule has 0 radical (unpaired) electrons. The van der Waals surface area contributed by atoms with Crippen LogP contribution in [0.1, 0.15) is 11.1 Å². The lowest BCUT2D eigenvalue weighted by Gasteiger charge is -2.05. The zero-order valence-electron chi connectivity index (χ0n) is 11.0. The van der Waals surface area contributed by atoms with E-state index in [1.807, 2.05) is 55.5 Å². The van der Waals surface area contributed by atoms with Crippen molar-refractivity contribution in [3.8, 4) is 11.3 Å². The zero-order chi connectivity index (χ0) is 13.4. The highest BCUT2D eigenvalue weighted by Crippen LogP contribution is 2.20. The highest BCUT2D eigenvalue weighted by atomic mass is 16.1. The first-order valence-electron chi connectivity index (χ1n) is 6.34. The second-order valence-electron chi connectivity index (χ2n) is 4.97. The van der Waals surface area contributed by atoms with Crippen LogP contribution in [0.2, 0.25) is 0 Å². The Hall–Kier alpha value is -2.35. The van der Waals surface area contributed by atoms with E-state index in [0.717, 1.165) is 27.6 Å². The molecule has 0 spiro atoms. The number of fused-ring (bicyclic) bond motifs is 1. The summed E-state index contributed by atoms with van der Waals surface area (Å²) in [6.07, 6.45) is 0. The minimum atomic E-state index is -0.0308. The predicted molar refractivity (Wildman–Crippen MR) is 79.5 cm³/mol. The van der Waals surface area contributed by atoms with E-state index >= 15 is 0 Å². The molecule has 1 heterocycles. The van der Waals surface area contributed by atoms with Crippen LogP contribution in [0.5, 0.6) is 0 Å². The fraction of sp³-hybridized carbons (Fsp3) is 0.118. The minimum absolute atomic E-state index is 0.0308. The average molecular weight is 249 g/mol. The van der Waals surface area contributed by atoms with Crippen LogP contribution in [0.3, 0.4) is 0 Å². The summed E-state index contributed by atoms with van der Waals surface area (Å²) in [5.41, 5.74) is 4.17. The highest BCUT2D eigenvalue weighted by molar-refractivity contribution is 5.85. The quantitative estimate of drug-likeness (QED) is 0.699. The normalized spacial score (nSPS) is 10.8. The third-order valence-electron chi connectivity index (χ3n) is 3.36. The highest BCUT2D eigenvalue weighted by Gasteiger charge is 2.04. The summed E-state index contributed by atoms with van der Waals surface area (Å²) < 4.78 is 0. The van der Waals surface area contributed by atoms with Crippen LogP contribution in [0.4, 0.5) is 0 Å². The number of aromatic nitrogens is 1. The van der Waals surface area contributed by atoms with Crippen LogP contribution in [-0.2, 0) is 0 Å². The van der Waals surface area contributed by atoms with E-state index in [1.165, 1.54) is 5.56 Å². The van der Waals surface area contributed by atoms with Gasteiger partial charge >= 0.3 is 0 Å². The van der Waals surface area contributed by atoms with Gasteiger partial charge in [-0.15, -0.1) is 0 Å². The Morgan fingerprint density at radius 2 is 1.53 bits per heavy atom. The van der Waals surface area contributed by atoms with Crippen LogP contribution in [0.25, 0.3) is 22.0 Å². The molecule has 3 rings (SSSR count). The molecule has 2 nitrogen and oxygen atoms in total. The van der Waals surface area contributed by atoms with Gasteiger partial charge in [-0.05, 0) is 36.9 Å². The molecule has 0 atom stereocenters. The van der Waals surface area contributed by atoms with Gasteiger partial charge in [-0.2, -0.15) is 0 Å². The lowest BCUT2D eigenvalue weighted by Crippen LogP contribution is -2.07. The summed E-state index contributed by atoms with van der Waals surface area (Å²) in [5, 5.41) is 1.72. The minimum Gasteiger partial charge on any atom is -0.321 e. The maximum atomic E-state index is 12.1. The number of pyridine rings is 1. The smallest absolute Gasteiger partial charge is 0.256 e. The second-order valence-corrected chi connectivity index (χ2v) is 4.97. The first-order chi connectivity index (χ1) is 9.13. The Kier molecular flexibility index (Phi) is 2.71. The molecular formula is C17H15NO. The summed E-state index contributed by atoms with van der Waals surface area (Å²) in [7, 11) is 0. The molecule has 19 heavy (non-hydrogen) atoms. The molecule has 0 aliphatic rings. The summed E-state index contributed by atoms with van der Waals surface area (Å²) in [6.45, 7) is 4.04. The molecule has 0 saturated carbocycles. The number of rotatable bonds is 1. The van der Waals surface area contributed by atoms with Gasteiger partial charge in [-0.25, -0.2) is 0 Å². The number of hydrogen-bond acceptors (Lipinski definition) is 1. The molecule has 1 aromatic heterocycles. The van der Waals surface area contributed by atoms with Crippen LogP contribution >= 0.6 is 0 Å². The van der Waals surface area contributed by atoms with Gasteiger partial charge in [0.15, 0.2) is 0 Å². The van der Waals surface area contributed by atoms with E-state index < -0.39 is 0 Å². The van der Waals surface area contributed by atoms with Gasteiger partial charge in [-0.3, -0.25) is 4.79 Å². The Morgan fingerprint density at radius 3 is 2.26 bits per heavy atom. The van der Waals surface area contributed by atoms with Gasteiger partial charge in [-0.1, -0.05) is 47.5 Å². The van der Waals surface area contributed by atoms with Crippen LogP contribution in [0, 0.1) is 13.8 Å². The molecule has 94 valence electrons. The first-order valence-corrected chi connectivity index (χ1v) is 6.34. The molecule has 0 bridgehead atoms. The largest absolute Gasteiger partial charge is 0.321 e. The third kappa shape index (κ3) is 2.17. The molecular weight excluding hydrogens is 234 g/mol. The second kappa shape index (κ2) is 4.39. The Morgan fingerprint density at radius 1 is 0.842 bits per heavy atom. The van der Waals surface area contributed by atoms with Crippen molar-refractivity contribution in [1.29, 1.82) is 0 Å². The lowest BCUT2D eigenvalue weighted by atomic mass is 10.0.